The van der Waals surface area contributed by atoms with Crippen LogP contribution < -0.4 is 5.32 Å². The van der Waals surface area contributed by atoms with Crippen molar-refractivity contribution in [2.75, 3.05) is 24.7 Å². The molecule has 0 atom stereocenters. The van der Waals surface area contributed by atoms with E-state index in [1.54, 1.807) is 11.3 Å². The van der Waals surface area contributed by atoms with E-state index in [0.717, 1.165) is 44.0 Å². The molecule has 4 heterocycles. The molecule has 1 aromatic carbocycles. The molecule has 148 valence electrons. The second kappa shape index (κ2) is 6.90. The summed E-state index contributed by atoms with van der Waals surface area (Å²) in [5, 5.41) is 4.26. The van der Waals surface area contributed by atoms with E-state index in [4.69, 9.17) is 0 Å². The first-order chi connectivity index (χ1) is 14.0. The van der Waals surface area contributed by atoms with Crippen molar-refractivity contribution >= 4 is 59.7 Å². The molecule has 0 amide bonds. The Kier molecular flexibility index (Phi) is 4.34. The van der Waals surface area contributed by atoms with E-state index in [-0.39, 0.29) is 0 Å². The van der Waals surface area contributed by atoms with Gasteiger partial charge in [0, 0.05) is 24.5 Å². The molecular formula is C19H18N6O2S2. The smallest absolute Gasteiger partial charge is 0.211 e. The molecule has 3 aromatic heterocycles. The summed E-state index contributed by atoms with van der Waals surface area (Å²) in [7, 11) is -3.17. The fourth-order valence-electron chi connectivity index (χ4n) is 3.48. The van der Waals surface area contributed by atoms with E-state index in [2.05, 4.69) is 31.3 Å². The van der Waals surface area contributed by atoms with Crippen LogP contribution in [-0.2, 0) is 10.0 Å². The molecule has 0 spiro atoms. The summed E-state index contributed by atoms with van der Waals surface area (Å²) in [5.41, 5.74) is 6.51. The summed E-state index contributed by atoms with van der Waals surface area (Å²) in [5.74, 6) is 0.718. The van der Waals surface area contributed by atoms with Gasteiger partial charge in [-0.3, -0.25) is 0 Å². The Morgan fingerprint density at radius 1 is 1.21 bits per heavy atom. The van der Waals surface area contributed by atoms with Gasteiger partial charge in [0.2, 0.25) is 10.0 Å². The largest absolute Gasteiger partial charge is 0.340 e. The van der Waals surface area contributed by atoms with Crippen molar-refractivity contribution in [1.82, 2.24) is 24.2 Å². The SMILES string of the molecule is CS(=O)(=O)N1CC=C(c2cc3c(Nc4ccc5ncsc5c4)ncnc3[nH]2)CC1. The van der Waals surface area contributed by atoms with Crippen molar-refractivity contribution < 1.29 is 8.42 Å². The molecular weight excluding hydrogens is 408 g/mol. The van der Waals surface area contributed by atoms with E-state index in [1.807, 2.05) is 29.8 Å². The number of hydrogen-bond acceptors (Lipinski definition) is 7. The van der Waals surface area contributed by atoms with Crippen molar-refractivity contribution in [2.24, 2.45) is 0 Å². The minimum absolute atomic E-state index is 0.384. The monoisotopic (exact) mass is 426 g/mol. The topological polar surface area (TPSA) is 104 Å². The second-order valence-corrected chi connectivity index (χ2v) is 9.80. The van der Waals surface area contributed by atoms with Gasteiger partial charge in [-0.1, -0.05) is 6.08 Å². The van der Waals surface area contributed by atoms with Crippen molar-refractivity contribution in [3.63, 3.8) is 0 Å². The number of fused-ring (bicyclic) bond motifs is 2. The number of rotatable bonds is 4. The van der Waals surface area contributed by atoms with Crippen LogP contribution in [0.5, 0.6) is 0 Å². The maximum Gasteiger partial charge on any atom is 0.211 e. The average Bonchev–Trinajstić information content (AvgIpc) is 3.34. The van der Waals surface area contributed by atoms with E-state index >= 15 is 0 Å². The van der Waals surface area contributed by atoms with E-state index in [0.29, 0.717) is 19.5 Å². The zero-order valence-corrected chi connectivity index (χ0v) is 17.2. The lowest BCUT2D eigenvalue weighted by molar-refractivity contribution is 0.445. The van der Waals surface area contributed by atoms with Crippen molar-refractivity contribution in [3.8, 4) is 0 Å². The quantitative estimate of drug-likeness (QED) is 0.519. The van der Waals surface area contributed by atoms with Crippen LogP contribution in [0.3, 0.4) is 0 Å². The number of sulfonamides is 1. The third-order valence-electron chi connectivity index (χ3n) is 5.01. The zero-order valence-electron chi connectivity index (χ0n) is 15.6. The molecule has 0 unspecified atom stereocenters. The molecule has 0 radical (unpaired) electrons. The van der Waals surface area contributed by atoms with Gasteiger partial charge in [0.05, 0.1) is 27.4 Å². The van der Waals surface area contributed by atoms with Gasteiger partial charge in [-0.05, 0) is 36.3 Å². The van der Waals surface area contributed by atoms with Crippen LogP contribution in [0.4, 0.5) is 11.5 Å². The summed E-state index contributed by atoms with van der Waals surface area (Å²) >= 11 is 1.60. The fourth-order valence-corrected chi connectivity index (χ4v) is 4.96. The minimum atomic E-state index is -3.17. The summed E-state index contributed by atoms with van der Waals surface area (Å²) in [6.45, 7) is 0.862. The lowest BCUT2D eigenvalue weighted by Gasteiger charge is -2.23. The number of nitrogens with zero attached hydrogens (tertiary/aromatic N) is 4. The minimum Gasteiger partial charge on any atom is -0.340 e. The van der Waals surface area contributed by atoms with Gasteiger partial charge in [0.15, 0.2) is 0 Å². The highest BCUT2D eigenvalue weighted by Crippen LogP contribution is 2.30. The molecule has 1 aliphatic rings. The maximum absolute atomic E-state index is 11.7. The molecule has 0 fully saturated rings. The maximum atomic E-state index is 11.7. The van der Waals surface area contributed by atoms with Crippen LogP contribution >= 0.6 is 11.3 Å². The van der Waals surface area contributed by atoms with Crippen molar-refractivity contribution in [2.45, 2.75) is 6.42 Å². The van der Waals surface area contributed by atoms with Gasteiger partial charge in [-0.2, -0.15) is 4.31 Å². The number of hydrogen-bond donors (Lipinski definition) is 2. The first-order valence-electron chi connectivity index (χ1n) is 9.06. The Balaban J connectivity index is 1.46. The molecule has 10 heteroatoms. The second-order valence-electron chi connectivity index (χ2n) is 6.93. The van der Waals surface area contributed by atoms with Gasteiger partial charge >= 0.3 is 0 Å². The van der Waals surface area contributed by atoms with Gasteiger partial charge in [0.1, 0.15) is 17.8 Å². The number of thiazole rings is 1. The number of aromatic amines is 1. The van der Waals surface area contributed by atoms with Crippen LogP contribution in [0, 0.1) is 0 Å². The molecule has 4 aromatic rings. The molecule has 5 rings (SSSR count). The van der Waals surface area contributed by atoms with Crippen molar-refractivity contribution in [1.29, 1.82) is 0 Å². The summed E-state index contributed by atoms with van der Waals surface area (Å²) in [4.78, 5) is 16.4. The summed E-state index contributed by atoms with van der Waals surface area (Å²) in [6, 6.07) is 8.03. The number of aromatic nitrogens is 4. The van der Waals surface area contributed by atoms with Gasteiger partial charge in [-0.15, -0.1) is 11.3 Å². The number of anilines is 2. The van der Waals surface area contributed by atoms with Gasteiger partial charge in [-0.25, -0.2) is 23.4 Å². The van der Waals surface area contributed by atoms with Crippen LogP contribution in [0.25, 0.3) is 26.8 Å². The predicted octanol–water partition coefficient (Wildman–Crippen LogP) is 3.36. The molecule has 1 aliphatic heterocycles. The highest BCUT2D eigenvalue weighted by molar-refractivity contribution is 7.88. The molecule has 0 saturated carbocycles. The highest BCUT2D eigenvalue weighted by Gasteiger charge is 2.21. The van der Waals surface area contributed by atoms with Crippen LogP contribution in [-0.4, -0.2) is 52.0 Å². The standard InChI is InChI=1S/C19H18N6O2S2/c1-29(26,27)25-6-4-12(5-7-25)16-9-14-18(20-10-21-19(14)24-16)23-13-2-3-15-17(8-13)28-11-22-15/h2-4,8-11H,5-7H2,1H3,(H2,20,21,23,24). The molecule has 2 N–H and O–H groups in total. The lowest BCUT2D eigenvalue weighted by atomic mass is 10.1. The Morgan fingerprint density at radius 2 is 2.10 bits per heavy atom. The molecule has 0 aliphatic carbocycles. The van der Waals surface area contributed by atoms with Crippen LogP contribution in [0.15, 0.2) is 42.2 Å². The first kappa shape index (κ1) is 18.2. The van der Waals surface area contributed by atoms with Gasteiger partial charge < -0.3 is 10.3 Å². The Labute approximate surface area is 171 Å². The molecule has 0 bridgehead atoms. The fraction of sp³-hybridized carbons (Fsp3) is 0.211. The predicted molar refractivity (Wildman–Crippen MR) is 116 cm³/mol. The Bertz CT molecular complexity index is 1360. The third kappa shape index (κ3) is 3.50. The molecule has 8 nitrogen and oxygen atoms in total. The number of H-pyrrole nitrogens is 1. The average molecular weight is 427 g/mol. The highest BCUT2D eigenvalue weighted by atomic mass is 32.2. The first-order valence-corrected chi connectivity index (χ1v) is 11.8. The van der Waals surface area contributed by atoms with E-state index in [1.165, 1.54) is 16.9 Å². The molecule has 0 saturated heterocycles. The third-order valence-corrected chi connectivity index (χ3v) is 7.07. The number of nitrogens with one attached hydrogen (secondary N) is 2. The lowest BCUT2D eigenvalue weighted by Crippen LogP contribution is -2.33. The van der Waals surface area contributed by atoms with E-state index < -0.39 is 10.0 Å². The van der Waals surface area contributed by atoms with Crippen LogP contribution in [0.2, 0.25) is 0 Å². The zero-order chi connectivity index (χ0) is 20.0. The van der Waals surface area contributed by atoms with Crippen LogP contribution in [0.1, 0.15) is 12.1 Å². The summed E-state index contributed by atoms with van der Waals surface area (Å²) in [6.07, 6.45) is 5.37. The number of benzene rings is 1. The Morgan fingerprint density at radius 3 is 2.90 bits per heavy atom. The van der Waals surface area contributed by atoms with Gasteiger partial charge in [0.25, 0.3) is 0 Å². The summed E-state index contributed by atoms with van der Waals surface area (Å²) < 4.78 is 26.0. The van der Waals surface area contributed by atoms with Crippen molar-refractivity contribution in [3.05, 3.63) is 47.9 Å². The molecule has 29 heavy (non-hydrogen) atoms. The normalized spacial score (nSPS) is 15.7. The van der Waals surface area contributed by atoms with E-state index in [9.17, 15) is 8.42 Å². The Hall–Kier alpha value is -2.82.